The van der Waals surface area contributed by atoms with Crippen molar-refractivity contribution in [3.8, 4) is 17.1 Å². The number of hydrogen-bond donors (Lipinski definition) is 3. The fourth-order valence-electron chi connectivity index (χ4n) is 5.39. The first-order valence-corrected chi connectivity index (χ1v) is 15.3. The van der Waals surface area contributed by atoms with Crippen LogP contribution in [0.25, 0.3) is 16.8 Å². The second-order valence-electron chi connectivity index (χ2n) is 11.9. The number of halogens is 4. The van der Waals surface area contributed by atoms with Gasteiger partial charge in [0.15, 0.2) is 5.82 Å². The summed E-state index contributed by atoms with van der Waals surface area (Å²) < 4.78 is 37.7. The SMILES string of the molecule is COc1cc(C(=O)NC[C@@](O)(c2cccc(F)c2)c2cc(C(C)(C)O)c(F)c(-c3cccc(Cl)c3Cl)n2)cc2cc(C3CC3)nn12. The minimum Gasteiger partial charge on any atom is -0.481 e. The van der Waals surface area contributed by atoms with E-state index in [2.05, 4.69) is 15.4 Å². The zero-order chi connectivity index (χ0) is 33.0. The van der Waals surface area contributed by atoms with Crippen molar-refractivity contribution < 1.29 is 28.5 Å². The standard InChI is InChI=1S/C34H30Cl2F2N4O4/c1-33(2,44)24-16-27(40-31(30(24)38)23-8-5-9-25(35)29(23)36)34(45,20-6-4-7-21(37)14-20)17-39-32(43)19-12-22-15-26(18-10-11-18)41-42(22)28(13-19)46-3/h4-9,12-16,18,44-45H,10-11,17H2,1-3H3,(H,39,43)/t34-/m1/s1. The number of methoxy groups -OCH3 is 1. The Labute approximate surface area is 273 Å². The van der Waals surface area contributed by atoms with Gasteiger partial charge in [0, 0.05) is 28.7 Å². The molecule has 0 aliphatic heterocycles. The molecule has 1 aliphatic rings. The van der Waals surface area contributed by atoms with Gasteiger partial charge in [0.25, 0.3) is 5.91 Å². The molecule has 1 saturated carbocycles. The number of aliphatic hydroxyl groups is 2. The molecule has 0 spiro atoms. The van der Waals surface area contributed by atoms with E-state index in [4.69, 9.17) is 27.9 Å². The summed E-state index contributed by atoms with van der Waals surface area (Å²) in [6.45, 7) is 2.23. The molecule has 46 heavy (non-hydrogen) atoms. The molecule has 6 rings (SSSR count). The highest BCUT2D eigenvalue weighted by Gasteiger charge is 2.38. The van der Waals surface area contributed by atoms with Crippen LogP contribution in [0.2, 0.25) is 10.0 Å². The molecule has 3 aromatic heterocycles. The first kappa shape index (κ1) is 31.9. The molecule has 1 fully saturated rings. The van der Waals surface area contributed by atoms with Gasteiger partial charge in [0.2, 0.25) is 5.88 Å². The molecule has 1 amide bonds. The van der Waals surface area contributed by atoms with Crippen LogP contribution in [0.3, 0.4) is 0 Å². The van der Waals surface area contributed by atoms with Gasteiger partial charge in [-0.3, -0.25) is 4.79 Å². The topological polar surface area (TPSA) is 109 Å². The number of benzene rings is 2. The lowest BCUT2D eigenvalue weighted by molar-refractivity contribution is 0.0624. The third-order valence-corrected chi connectivity index (χ3v) is 8.89. The Kier molecular flexibility index (Phi) is 8.27. The van der Waals surface area contributed by atoms with Crippen molar-refractivity contribution in [2.24, 2.45) is 0 Å². The highest BCUT2D eigenvalue weighted by Crippen LogP contribution is 2.41. The molecule has 3 N–H and O–H groups in total. The number of nitrogens with one attached hydrogen (secondary N) is 1. The van der Waals surface area contributed by atoms with Crippen LogP contribution < -0.4 is 10.1 Å². The van der Waals surface area contributed by atoms with E-state index < -0.39 is 35.3 Å². The van der Waals surface area contributed by atoms with Gasteiger partial charge in [-0.25, -0.2) is 18.3 Å². The van der Waals surface area contributed by atoms with E-state index in [1.165, 1.54) is 63.4 Å². The molecule has 0 unspecified atom stereocenters. The Balaban J connectivity index is 1.45. The summed E-state index contributed by atoms with van der Waals surface area (Å²) in [4.78, 5) is 18.1. The molecular formula is C34H30Cl2F2N4O4. The average molecular weight is 668 g/mol. The van der Waals surface area contributed by atoms with Crippen molar-refractivity contribution in [2.75, 3.05) is 13.7 Å². The molecule has 238 valence electrons. The van der Waals surface area contributed by atoms with Crippen molar-refractivity contribution in [3.05, 3.63) is 116 Å². The fourth-order valence-corrected chi connectivity index (χ4v) is 5.78. The van der Waals surface area contributed by atoms with Crippen molar-refractivity contribution in [1.29, 1.82) is 0 Å². The molecular weight excluding hydrogens is 637 g/mol. The van der Waals surface area contributed by atoms with Crippen molar-refractivity contribution >= 4 is 34.6 Å². The predicted octanol–water partition coefficient (Wildman–Crippen LogP) is 6.76. The van der Waals surface area contributed by atoms with Gasteiger partial charge < -0.3 is 20.3 Å². The van der Waals surface area contributed by atoms with Gasteiger partial charge in [-0.2, -0.15) is 5.10 Å². The number of carbonyl (C=O) groups excluding carboxylic acids is 1. The number of amides is 1. The smallest absolute Gasteiger partial charge is 0.251 e. The molecule has 12 heteroatoms. The average Bonchev–Trinajstić information content (AvgIpc) is 3.78. The number of hydrogen-bond acceptors (Lipinski definition) is 6. The Hall–Kier alpha value is -4.09. The molecule has 1 aliphatic carbocycles. The normalized spacial score (nSPS) is 14.7. The predicted molar refractivity (Wildman–Crippen MR) is 170 cm³/mol. The third-order valence-electron chi connectivity index (χ3n) is 8.07. The first-order chi connectivity index (χ1) is 21.8. The lowest BCUT2D eigenvalue weighted by Crippen LogP contribution is -2.43. The maximum atomic E-state index is 16.0. The summed E-state index contributed by atoms with van der Waals surface area (Å²) in [7, 11) is 1.47. The minimum absolute atomic E-state index is 0.00562. The summed E-state index contributed by atoms with van der Waals surface area (Å²) in [5.74, 6) is -1.40. The van der Waals surface area contributed by atoms with E-state index in [1.807, 2.05) is 6.07 Å². The largest absolute Gasteiger partial charge is 0.481 e. The van der Waals surface area contributed by atoms with Crippen LogP contribution in [0, 0.1) is 11.6 Å². The van der Waals surface area contributed by atoms with Crippen LogP contribution in [0.4, 0.5) is 8.78 Å². The third kappa shape index (κ3) is 5.93. The number of carbonyl (C=O) groups is 1. The Bertz CT molecular complexity index is 1990. The van der Waals surface area contributed by atoms with Crippen LogP contribution in [-0.2, 0) is 11.2 Å². The summed E-state index contributed by atoms with van der Waals surface area (Å²) in [6, 6.07) is 16.0. The number of nitrogens with zero attached hydrogens (tertiary/aromatic N) is 3. The molecule has 5 aromatic rings. The molecule has 3 heterocycles. The highest BCUT2D eigenvalue weighted by molar-refractivity contribution is 6.43. The second kappa shape index (κ2) is 11.9. The van der Waals surface area contributed by atoms with E-state index >= 15 is 4.39 Å². The highest BCUT2D eigenvalue weighted by atomic mass is 35.5. The fraction of sp³-hybridized carbons (Fsp3) is 0.265. The van der Waals surface area contributed by atoms with Crippen LogP contribution >= 0.6 is 23.2 Å². The molecule has 8 nitrogen and oxygen atoms in total. The van der Waals surface area contributed by atoms with Crippen molar-refractivity contribution in [3.63, 3.8) is 0 Å². The Morgan fingerprint density at radius 3 is 2.48 bits per heavy atom. The number of fused-ring (bicyclic) bond motifs is 1. The lowest BCUT2D eigenvalue weighted by atomic mass is 9.86. The molecule has 1 atom stereocenters. The minimum atomic E-state index is -2.21. The van der Waals surface area contributed by atoms with Gasteiger partial charge in [-0.15, -0.1) is 0 Å². The summed E-state index contributed by atoms with van der Waals surface area (Å²) in [6.07, 6.45) is 2.10. The Morgan fingerprint density at radius 1 is 1.07 bits per heavy atom. The summed E-state index contributed by atoms with van der Waals surface area (Å²) >= 11 is 12.7. The second-order valence-corrected chi connectivity index (χ2v) is 12.7. The maximum Gasteiger partial charge on any atom is 0.251 e. The zero-order valence-electron chi connectivity index (χ0n) is 25.1. The number of pyridine rings is 2. The molecule has 2 aromatic carbocycles. The van der Waals surface area contributed by atoms with Gasteiger partial charge in [-0.05, 0) is 68.7 Å². The van der Waals surface area contributed by atoms with Crippen LogP contribution in [-0.4, -0.2) is 44.4 Å². The Morgan fingerprint density at radius 2 is 1.80 bits per heavy atom. The van der Waals surface area contributed by atoms with Crippen molar-refractivity contribution in [2.45, 2.75) is 43.8 Å². The first-order valence-electron chi connectivity index (χ1n) is 14.5. The molecule has 0 radical (unpaired) electrons. The van der Waals surface area contributed by atoms with Gasteiger partial charge in [-0.1, -0.05) is 47.5 Å². The van der Waals surface area contributed by atoms with Crippen molar-refractivity contribution in [1.82, 2.24) is 19.9 Å². The van der Waals surface area contributed by atoms with Gasteiger partial charge >= 0.3 is 0 Å². The summed E-state index contributed by atoms with van der Waals surface area (Å²) in [5, 5.41) is 30.8. The number of aromatic nitrogens is 3. The van der Waals surface area contributed by atoms with Gasteiger partial charge in [0.05, 0.1) is 46.2 Å². The van der Waals surface area contributed by atoms with E-state index in [0.717, 1.165) is 24.6 Å². The maximum absolute atomic E-state index is 16.0. The molecule has 0 saturated heterocycles. The number of ether oxygens (including phenoxy) is 1. The zero-order valence-corrected chi connectivity index (χ0v) is 26.6. The number of rotatable bonds is 9. The van der Waals surface area contributed by atoms with Gasteiger partial charge in [0.1, 0.15) is 17.1 Å². The van der Waals surface area contributed by atoms with Crippen LogP contribution in [0.1, 0.15) is 65.5 Å². The summed E-state index contributed by atoms with van der Waals surface area (Å²) in [5.41, 5.74) is -2.73. The quantitative estimate of drug-likeness (QED) is 0.160. The van der Waals surface area contributed by atoms with Crippen LogP contribution in [0.5, 0.6) is 5.88 Å². The van der Waals surface area contributed by atoms with E-state index in [1.54, 1.807) is 16.6 Å². The van der Waals surface area contributed by atoms with Crippen LogP contribution in [0.15, 0.2) is 66.7 Å². The van der Waals surface area contributed by atoms with E-state index in [-0.39, 0.29) is 43.7 Å². The van der Waals surface area contributed by atoms with E-state index in [0.29, 0.717) is 17.3 Å². The lowest BCUT2D eigenvalue weighted by Gasteiger charge is -2.31. The molecule has 0 bridgehead atoms. The monoisotopic (exact) mass is 666 g/mol. The van der Waals surface area contributed by atoms with E-state index in [9.17, 15) is 19.4 Å².